The first-order valence-electron chi connectivity index (χ1n) is 8.07. The highest BCUT2D eigenvalue weighted by Crippen LogP contribution is 2.43. The number of aliphatic hydroxyl groups excluding tert-OH is 1. The van der Waals surface area contributed by atoms with E-state index in [1.54, 1.807) is 7.11 Å². The van der Waals surface area contributed by atoms with Gasteiger partial charge in [0, 0.05) is 7.11 Å². The average Bonchev–Trinajstić information content (AvgIpc) is 2.52. The molecule has 1 aromatic rings. The number of methoxy groups -OCH3 is 1. The minimum atomic E-state index is -0.578. The summed E-state index contributed by atoms with van der Waals surface area (Å²) in [6, 6.07) is 7.78. The van der Waals surface area contributed by atoms with Crippen molar-refractivity contribution in [3.63, 3.8) is 0 Å². The second-order valence-electron chi connectivity index (χ2n) is 6.29. The summed E-state index contributed by atoms with van der Waals surface area (Å²) in [6.07, 6.45) is 4.59. The molecular weight excluding hydrogens is 264 g/mol. The lowest BCUT2D eigenvalue weighted by molar-refractivity contribution is -0.134. The zero-order valence-electron chi connectivity index (χ0n) is 13.5. The van der Waals surface area contributed by atoms with Gasteiger partial charge in [-0.1, -0.05) is 38.8 Å². The third kappa shape index (κ3) is 3.78. The molecule has 0 heterocycles. The van der Waals surface area contributed by atoms with Crippen molar-refractivity contribution >= 4 is 0 Å². The highest BCUT2D eigenvalue weighted by Gasteiger charge is 2.42. The van der Waals surface area contributed by atoms with Crippen LogP contribution in [0.4, 0.5) is 0 Å². The molecule has 0 aliphatic heterocycles. The van der Waals surface area contributed by atoms with Crippen molar-refractivity contribution in [3.05, 3.63) is 29.8 Å². The SMILES string of the molecule is CCCOc1ccc(C(O)C2(OC)CCCC(C)C2)cc1. The molecule has 0 saturated heterocycles. The highest BCUT2D eigenvalue weighted by molar-refractivity contribution is 5.30. The van der Waals surface area contributed by atoms with Gasteiger partial charge in [0.25, 0.3) is 0 Å². The number of benzene rings is 1. The molecule has 1 aliphatic carbocycles. The molecule has 0 amide bonds. The van der Waals surface area contributed by atoms with Crippen LogP contribution in [-0.2, 0) is 4.74 Å². The first-order valence-corrected chi connectivity index (χ1v) is 8.07. The summed E-state index contributed by atoms with van der Waals surface area (Å²) in [6.45, 7) is 5.05. The number of rotatable bonds is 6. The van der Waals surface area contributed by atoms with Crippen molar-refractivity contribution in [1.82, 2.24) is 0 Å². The summed E-state index contributed by atoms with van der Waals surface area (Å²) in [5.41, 5.74) is 0.471. The maximum absolute atomic E-state index is 10.8. The zero-order valence-corrected chi connectivity index (χ0v) is 13.5. The molecule has 0 bridgehead atoms. The van der Waals surface area contributed by atoms with E-state index in [0.717, 1.165) is 43.6 Å². The van der Waals surface area contributed by atoms with Crippen LogP contribution < -0.4 is 4.74 Å². The second-order valence-corrected chi connectivity index (χ2v) is 6.29. The Labute approximate surface area is 128 Å². The quantitative estimate of drug-likeness (QED) is 0.857. The molecule has 1 N–H and O–H groups in total. The summed E-state index contributed by atoms with van der Waals surface area (Å²) < 4.78 is 11.4. The fourth-order valence-electron chi connectivity index (χ4n) is 3.36. The first kappa shape index (κ1) is 16.3. The maximum atomic E-state index is 10.8. The van der Waals surface area contributed by atoms with E-state index in [-0.39, 0.29) is 0 Å². The summed E-state index contributed by atoms with van der Waals surface area (Å²) in [5.74, 6) is 1.46. The summed E-state index contributed by atoms with van der Waals surface area (Å²) in [4.78, 5) is 0. The molecule has 21 heavy (non-hydrogen) atoms. The van der Waals surface area contributed by atoms with Crippen LogP contribution >= 0.6 is 0 Å². The molecule has 0 aromatic heterocycles. The number of aliphatic hydroxyl groups is 1. The third-order valence-electron chi connectivity index (χ3n) is 4.56. The molecular formula is C18H28O3. The van der Waals surface area contributed by atoms with E-state index < -0.39 is 11.7 Å². The minimum absolute atomic E-state index is 0.441. The van der Waals surface area contributed by atoms with Crippen LogP contribution in [0.15, 0.2) is 24.3 Å². The van der Waals surface area contributed by atoms with Gasteiger partial charge in [-0.05, 0) is 42.9 Å². The number of ether oxygens (including phenoxy) is 2. The van der Waals surface area contributed by atoms with Gasteiger partial charge in [0.1, 0.15) is 11.9 Å². The van der Waals surface area contributed by atoms with Crippen LogP contribution in [0.25, 0.3) is 0 Å². The van der Waals surface area contributed by atoms with Gasteiger partial charge in [-0.2, -0.15) is 0 Å². The van der Waals surface area contributed by atoms with Crippen molar-refractivity contribution in [2.45, 2.75) is 57.7 Å². The van der Waals surface area contributed by atoms with Gasteiger partial charge < -0.3 is 14.6 Å². The maximum Gasteiger partial charge on any atom is 0.119 e. The van der Waals surface area contributed by atoms with Gasteiger partial charge in [0.05, 0.1) is 12.2 Å². The monoisotopic (exact) mass is 292 g/mol. The third-order valence-corrected chi connectivity index (χ3v) is 4.56. The number of hydrogen-bond acceptors (Lipinski definition) is 3. The molecule has 1 aromatic carbocycles. The van der Waals surface area contributed by atoms with Crippen LogP contribution in [0.3, 0.4) is 0 Å². The van der Waals surface area contributed by atoms with E-state index in [1.807, 2.05) is 24.3 Å². The van der Waals surface area contributed by atoms with Crippen LogP contribution in [0.5, 0.6) is 5.75 Å². The molecule has 1 aliphatic rings. The Morgan fingerprint density at radius 3 is 2.62 bits per heavy atom. The van der Waals surface area contributed by atoms with Crippen LogP contribution in [0.1, 0.15) is 57.6 Å². The molecule has 3 unspecified atom stereocenters. The van der Waals surface area contributed by atoms with Crippen molar-refractivity contribution < 1.29 is 14.6 Å². The highest BCUT2D eigenvalue weighted by atomic mass is 16.5. The van der Waals surface area contributed by atoms with Gasteiger partial charge in [-0.15, -0.1) is 0 Å². The summed E-state index contributed by atoms with van der Waals surface area (Å²) >= 11 is 0. The standard InChI is InChI=1S/C18H28O3/c1-4-12-21-16-9-7-15(8-10-16)17(19)18(20-3)11-5-6-14(2)13-18/h7-10,14,17,19H,4-6,11-13H2,1-3H3. The molecule has 3 heteroatoms. The van der Waals surface area contributed by atoms with E-state index in [1.165, 1.54) is 6.42 Å². The lowest BCUT2D eigenvalue weighted by Gasteiger charge is -2.42. The van der Waals surface area contributed by atoms with E-state index in [9.17, 15) is 5.11 Å². The summed E-state index contributed by atoms with van der Waals surface area (Å²) in [5, 5.41) is 10.8. The van der Waals surface area contributed by atoms with Gasteiger partial charge in [0.15, 0.2) is 0 Å². The van der Waals surface area contributed by atoms with Gasteiger partial charge >= 0.3 is 0 Å². The van der Waals surface area contributed by atoms with Crippen LogP contribution in [-0.4, -0.2) is 24.4 Å². The van der Waals surface area contributed by atoms with E-state index in [0.29, 0.717) is 5.92 Å². The largest absolute Gasteiger partial charge is 0.494 e. The molecule has 3 nitrogen and oxygen atoms in total. The van der Waals surface area contributed by atoms with Gasteiger partial charge in [0.2, 0.25) is 0 Å². The van der Waals surface area contributed by atoms with Gasteiger partial charge in [-0.25, -0.2) is 0 Å². The molecule has 1 fully saturated rings. The van der Waals surface area contributed by atoms with Crippen molar-refractivity contribution in [1.29, 1.82) is 0 Å². The Morgan fingerprint density at radius 1 is 1.33 bits per heavy atom. The van der Waals surface area contributed by atoms with Crippen LogP contribution in [0, 0.1) is 5.92 Å². The Kier molecular flexibility index (Phi) is 5.65. The van der Waals surface area contributed by atoms with Crippen molar-refractivity contribution in [2.75, 3.05) is 13.7 Å². The predicted octanol–water partition coefficient (Wildman–Crippen LogP) is 4.10. The van der Waals surface area contributed by atoms with Crippen molar-refractivity contribution in [3.8, 4) is 5.75 Å². The van der Waals surface area contributed by atoms with Gasteiger partial charge in [-0.3, -0.25) is 0 Å². The molecule has 0 spiro atoms. The average molecular weight is 292 g/mol. The predicted molar refractivity (Wildman–Crippen MR) is 84.6 cm³/mol. The Morgan fingerprint density at radius 2 is 2.05 bits per heavy atom. The number of hydrogen-bond donors (Lipinski definition) is 1. The Bertz CT molecular complexity index is 429. The van der Waals surface area contributed by atoms with Crippen LogP contribution in [0.2, 0.25) is 0 Å². The second kappa shape index (κ2) is 7.28. The lowest BCUT2D eigenvalue weighted by atomic mass is 9.74. The molecule has 0 radical (unpaired) electrons. The Hall–Kier alpha value is -1.06. The normalized spacial score (nSPS) is 27.3. The Balaban J connectivity index is 2.11. The topological polar surface area (TPSA) is 38.7 Å². The van der Waals surface area contributed by atoms with Crippen molar-refractivity contribution in [2.24, 2.45) is 5.92 Å². The lowest BCUT2D eigenvalue weighted by Crippen LogP contribution is -2.42. The molecule has 118 valence electrons. The molecule has 2 rings (SSSR count). The fraction of sp³-hybridized carbons (Fsp3) is 0.667. The minimum Gasteiger partial charge on any atom is -0.494 e. The molecule has 3 atom stereocenters. The first-order chi connectivity index (χ1) is 10.1. The van der Waals surface area contributed by atoms with E-state index >= 15 is 0 Å². The molecule has 1 saturated carbocycles. The zero-order chi connectivity index (χ0) is 15.3. The van der Waals surface area contributed by atoms with E-state index in [4.69, 9.17) is 9.47 Å². The summed E-state index contributed by atoms with van der Waals surface area (Å²) in [7, 11) is 1.72. The fourth-order valence-corrected chi connectivity index (χ4v) is 3.36. The van der Waals surface area contributed by atoms with E-state index in [2.05, 4.69) is 13.8 Å². The smallest absolute Gasteiger partial charge is 0.119 e.